The summed E-state index contributed by atoms with van der Waals surface area (Å²) in [5.41, 5.74) is 7.65. The fourth-order valence-electron chi connectivity index (χ4n) is 3.20. The molecule has 1 aromatic rings. The highest BCUT2D eigenvalue weighted by Gasteiger charge is 2.37. The topological polar surface area (TPSA) is 64.2 Å². The first kappa shape index (κ1) is 12.7. The summed E-state index contributed by atoms with van der Waals surface area (Å²) in [5, 5.41) is 4.28. The minimum absolute atomic E-state index is 0.137. The van der Waals surface area contributed by atoms with E-state index in [4.69, 9.17) is 5.73 Å². The van der Waals surface area contributed by atoms with Gasteiger partial charge in [-0.2, -0.15) is 5.10 Å². The normalized spacial score (nSPS) is 27.0. The molecule has 2 aliphatic rings. The number of aromatic nitrogens is 2. The third-order valence-corrected chi connectivity index (χ3v) is 4.43. The van der Waals surface area contributed by atoms with Crippen molar-refractivity contribution in [3.8, 4) is 0 Å². The lowest BCUT2D eigenvalue weighted by atomic mass is 10.1. The van der Waals surface area contributed by atoms with E-state index < -0.39 is 0 Å². The van der Waals surface area contributed by atoms with Crippen LogP contribution in [0.4, 0.5) is 0 Å². The molecule has 2 N–H and O–H groups in total. The number of carbonyl (C=O) groups is 1. The standard InChI is InChI=1S/C14H22N4O/c1-9-5-10(6-15)8-18(9)14(19)12-7-16-17(2)13(12)11-3-4-11/h7,9-11H,3-6,8,15H2,1-2H3. The molecule has 3 rings (SSSR count). The van der Waals surface area contributed by atoms with Crippen LogP contribution in [0.5, 0.6) is 0 Å². The van der Waals surface area contributed by atoms with Crippen molar-refractivity contribution in [2.24, 2.45) is 18.7 Å². The molecule has 2 unspecified atom stereocenters. The van der Waals surface area contributed by atoms with E-state index in [1.165, 1.54) is 12.8 Å². The fraction of sp³-hybridized carbons (Fsp3) is 0.714. The van der Waals surface area contributed by atoms with Crippen LogP contribution in [-0.4, -0.2) is 39.7 Å². The van der Waals surface area contributed by atoms with Gasteiger partial charge in [0.05, 0.1) is 17.5 Å². The van der Waals surface area contributed by atoms with Gasteiger partial charge in [-0.05, 0) is 38.6 Å². The summed E-state index contributed by atoms with van der Waals surface area (Å²) in [5.74, 6) is 1.12. The van der Waals surface area contributed by atoms with Crippen molar-refractivity contribution in [3.05, 3.63) is 17.5 Å². The molecule has 19 heavy (non-hydrogen) atoms. The molecule has 1 aliphatic heterocycles. The average molecular weight is 262 g/mol. The maximum Gasteiger partial charge on any atom is 0.257 e. The number of aryl methyl sites for hydroxylation is 1. The molecule has 2 fully saturated rings. The predicted molar refractivity (Wildman–Crippen MR) is 72.8 cm³/mol. The smallest absolute Gasteiger partial charge is 0.257 e. The van der Waals surface area contributed by atoms with Crippen LogP contribution in [0.2, 0.25) is 0 Å². The maximum absolute atomic E-state index is 12.7. The fourth-order valence-corrected chi connectivity index (χ4v) is 3.20. The van der Waals surface area contributed by atoms with Gasteiger partial charge in [0.2, 0.25) is 0 Å². The Kier molecular flexibility index (Phi) is 3.09. The van der Waals surface area contributed by atoms with Gasteiger partial charge in [0.1, 0.15) is 0 Å². The van der Waals surface area contributed by atoms with Crippen LogP contribution in [0.15, 0.2) is 6.20 Å². The number of hydrogen-bond acceptors (Lipinski definition) is 3. The van der Waals surface area contributed by atoms with E-state index in [2.05, 4.69) is 12.0 Å². The SMILES string of the molecule is CC1CC(CN)CN1C(=O)c1cnn(C)c1C1CC1. The molecule has 0 aromatic carbocycles. The first-order valence-electron chi connectivity index (χ1n) is 7.14. The second kappa shape index (κ2) is 4.63. The highest BCUT2D eigenvalue weighted by molar-refractivity contribution is 5.95. The number of amides is 1. The van der Waals surface area contributed by atoms with Crippen LogP contribution in [0.25, 0.3) is 0 Å². The molecule has 0 spiro atoms. The number of carbonyl (C=O) groups excluding carboxylic acids is 1. The van der Waals surface area contributed by atoms with E-state index in [-0.39, 0.29) is 11.9 Å². The van der Waals surface area contributed by atoms with Gasteiger partial charge in [-0.1, -0.05) is 0 Å². The first-order valence-corrected chi connectivity index (χ1v) is 7.14. The van der Waals surface area contributed by atoms with Crippen LogP contribution < -0.4 is 5.73 Å². The molecule has 1 aliphatic carbocycles. The molecule has 5 nitrogen and oxygen atoms in total. The molecule has 5 heteroatoms. The number of rotatable bonds is 3. The summed E-state index contributed by atoms with van der Waals surface area (Å²) in [7, 11) is 1.93. The highest BCUT2D eigenvalue weighted by atomic mass is 16.2. The zero-order chi connectivity index (χ0) is 13.6. The van der Waals surface area contributed by atoms with Gasteiger partial charge in [-0.15, -0.1) is 0 Å². The number of hydrogen-bond donors (Lipinski definition) is 1. The number of nitrogens with zero attached hydrogens (tertiary/aromatic N) is 3. The lowest BCUT2D eigenvalue weighted by Gasteiger charge is -2.21. The Labute approximate surface area is 113 Å². The molecule has 1 saturated heterocycles. The molecule has 0 bridgehead atoms. The third-order valence-electron chi connectivity index (χ3n) is 4.43. The van der Waals surface area contributed by atoms with Gasteiger partial charge in [-0.3, -0.25) is 9.48 Å². The lowest BCUT2D eigenvalue weighted by Crippen LogP contribution is -2.34. The van der Waals surface area contributed by atoms with E-state index in [0.29, 0.717) is 18.4 Å². The Hall–Kier alpha value is -1.36. The Morgan fingerprint density at radius 1 is 1.53 bits per heavy atom. The van der Waals surface area contributed by atoms with E-state index in [1.54, 1.807) is 6.20 Å². The molecule has 1 amide bonds. The lowest BCUT2D eigenvalue weighted by molar-refractivity contribution is 0.0742. The first-order chi connectivity index (χ1) is 9.11. The van der Waals surface area contributed by atoms with Crippen molar-refractivity contribution in [1.82, 2.24) is 14.7 Å². The monoisotopic (exact) mass is 262 g/mol. The highest BCUT2D eigenvalue weighted by Crippen LogP contribution is 2.42. The van der Waals surface area contributed by atoms with Gasteiger partial charge < -0.3 is 10.6 Å². The Morgan fingerprint density at radius 2 is 2.26 bits per heavy atom. The summed E-state index contributed by atoms with van der Waals surface area (Å²) in [6, 6.07) is 0.285. The quantitative estimate of drug-likeness (QED) is 0.887. The minimum Gasteiger partial charge on any atom is -0.335 e. The Morgan fingerprint density at radius 3 is 2.84 bits per heavy atom. The van der Waals surface area contributed by atoms with Crippen molar-refractivity contribution in [3.63, 3.8) is 0 Å². The molecule has 104 valence electrons. The maximum atomic E-state index is 12.7. The Bertz CT molecular complexity index is 492. The van der Waals surface area contributed by atoms with Crippen molar-refractivity contribution >= 4 is 5.91 Å². The predicted octanol–water partition coefficient (Wildman–Crippen LogP) is 1.11. The molecular weight excluding hydrogens is 240 g/mol. The molecule has 1 aromatic heterocycles. The number of likely N-dealkylation sites (tertiary alicyclic amines) is 1. The summed E-state index contributed by atoms with van der Waals surface area (Å²) >= 11 is 0. The summed E-state index contributed by atoms with van der Waals surface area (Å²) in [6.07, 6.45) is 5.11. The molecule has 2 atom stereocenters. The van der Waals surface area contributed by atoms with Crippen molar-refractivity contribution < 1.29 is 4.79 Å². The zero-order valence-corrected chi connectivity index (χ0v) is 11.7. The second-order valence-corrected chi connectivity index (χ2v) is 5.99. The average Bonchev–Trinajstić information content (AvgIpc) is 3.05. The van der Waals surface area contributed by atoms with Crippen molar-refractivity contribution in [1.29, 1.82) is 0 Å². The van der Waals surface area contributed by atoms with Gasteiger partial charge in [0.25, 0.3) is 5.91 Å². The van der Waals surface area contributed by atoms with Gasteiger partial charge in [0.15, 0.2) is 0 Å². The second-order valence-electron chi connectivity index (χ2n) is 5.99. The third kappa shape index (κ3) is 2.16. The van der Waals surface area contributed by atoms with Crippen LogP contribution in [-0.2, 0) is 7.05 Å². The van der Waals surface area contributed by atoms with Crippen molar-refractivity contribution in [2.75, 3.05) is 13.1 Å². The molecule has 1 saturated carbocycles. The largest absolute Gasteiger partial charge is 0.335 e. The van der Waals surface area contributed by atoms with E-state index in [1.807, 2.05) is 16.6 Å². The summed E-state index contributed by atoms with van der Waals surface area (Å²) < 4.78 is 1.87. The van der Waals surface area contributed by atoms with Crippen LogP contribution >= 0.6 is 0 Å². The van der Waals surface area contributed by atoms with Gasteiger partial charge >= 0.3 is 0 Å². The van der Waals surface area contributed by atoms with E-state index in [0.717, 1.165) is 24.2 Å². The minimum atomic E-state index is 0.137. The van der Waals surface area contributed by atoms with Crippen molar-refractivity contribution in [2.45, 2.75) is 38.1 Å². The van der Waals surface area contributed by atoms with E-state index in [9.17, 15) is 4.79 Å². The molecule has 2 heterocycles. The van der Waals surface area contributed by atoms with Crippen LogP contribution in [0.1, 0.15) is 48.2 Å². The van der Waals surface area contributed by atoms with Gasteiger partial charge in [0, 0.05) is 25.6 Å². The van der Waals surface area contributed by atoms with Gasteiger partial charge in [-0.25, -0.2) is 0 Å². The molecular formula is C14H22N4O. The zero-order valence-electron chi connectivity index (χ0n) is 11.7. The van der Waals surface area contributed by atoms with E-state index >= 15 is 0 Å². The summed E-state index contributed by atoms with van der Waals surface area (Å²) in [6.45, 7) is 3.56. The summed E-state index contributed by atoms with van der Waals surface area (Å²) in [4.78, 5) is 14.7. The number of nitrogens with two attached hydrogens (primary N) is 1. The van der Waals surface area contributed by atoms with Crippen LogP contribution in [0.3, 0.4) is 0 Å². The Balaban J connectivity index is 1.84. The van der Waals surface area contributed by atoms with Crippen LogP contribution in [0, 0.1) is 5.92 Å². The molecule has 0 radical (unpaired) electrons.